The molecule has 2 aromatic carbocycles. The van der Waals surface area contributed by atoms with Crippen LogP contribution < -0.4 is 9.47 Å². The van der Waals surface area contributed by atoms with E-state index in [4.69, 9.17) is 21.1 Å². The van der Waals surface area contributed by atoms with Gasteiger partial charge < -0.3 is 9.47 Å². The van der Waals surface area contributed by atoms with Crippen molar-refractivity contribution in [2.75, 3.05) is 0 Å². The van der Waals surface area contributed by atoms with Crippen molar-refractivity contribution in [3.63, 3.8) is 0 Å². The second-order valence-corrected chi connectivity index (χ2v) is 5.96. The molecule has 124 valence electrons. The average molecular weight is 346 g/mol. The van der Waals surface area contributed by atoms with Crippen LogP contribution in [0.1, 0.15) is 18.9 Å². The lowest BCUT2D eigenvalue weighted by atomic mass is 10.2. The summed E-state index contributed by atoms with van der Waals surface area (Å²) < 4.78 is 25.2. The highest BCUT2D eigenvalue weighted by Gasteiger charge is 2.24. The summed E-state index contributed by atoms with van der Waals surface area (Å²) in [4.78, 5) is 4.11. The molecule has 3 rings (SSSR count). The van der Waals surface area contributed by atoms with Crippen molar-refractivity contribution in [1.82, 2.24) is 0 Å². The van der Waals surface area contributed by atoms with Crippen molar-refractivity contribution in [2.24, 2.45) is 4.99 Å². The van der Waals surface area contributed by atoms with E-state index >= 15 is 0 Å². The lowest BCUT2D eigenvalue weighted by Crippen LogP contribution is -2.25. The van der Waals surface area contributed by atoms with Crippen molar-refractivity contribution in [2.45, 2.75) is 25.3 Å². The number of ether oxygens (including phenoxy) is 2. The highest BCUT2D eigenvalue weighted by molar-refractivity contribution is 6.31. The van der Waals surface area contributed by atoms with Crippen molar-refractivity contribution in [3.05, 3.63) is 71.7 Å². The van der Waals surface area contributed by atoms with E-state index < -0.39 is 5.38 Å². The van der Waals surface area contributed by atoms with E-state index in [0.29, 0.717) is 23.8 Å². The van der Waals surface area contributed by atoms with Gasteiger partial charge in [-0.25, -0.2) is 9.38 Å². The summed E-state index contributed by atoms with van der Waals surface area (Å²) in [5.41, 5.74) is 1.35. The number of aliphatic imine (C=N–C) groups is 1. The predicted octanol–water partition coefficient (Wildman–Crippen LogP) is 5.26. The second-order valence-electron chi connectivity index (χ2n) is 5.44. The first-order chi connectivity index (χ1) is 11.6. The van der Waals surface area contributed by atoms with Gasteiger partial charge in [0.15, 0.2) is 11.5 Å². The molecule has 1 aliphatic heterocycles. The molecule has 0 fully saturated rings. The summed E-state index contributed by atoms with van der Waals surface area (Å²) >= 11 is 6.15. The zero-order valence-electron chi connectivity index (χ0n) is 13.2. The average Bonchev–Trinajstić information content (AvgIpc) is 2.60. The molecule has 0 radical (unpaired) electrons. The molecule has 0 aromatic heterocycles. The van der Waals surface area contributed by atoms with Gasteiger partial charge in [-0.05, 0) is 24.6 Å². The van der Waals surface area contributed by atoms with E-state index in [9.17, 15) is 4.39 Å². The molecule has 1 atom stereocenters. The van der Waals surface area contributed by atoms with Crippen LogP contribution in [0.15, 0.2) is 71.1 Å². The largest absolute Gasteiger partial charge is 0.485 e. The number of halogens is 2. The zero-order valence-corrected chi connectivity index (χ0v) is 14.0. The zero-order chi connectivity index (χ0) is 16.9. The topological polar surface area (TPSA) is 30.8 Å². The molecule has 1 aliphatic rings. The Labute approximate surface area is 145 Å². The number of hydrogen-bond donors (Lipinski definition) is 0. The van der Waals surface area contributed by atoms with Crippen molar-refractivity contribution >= 4 is 17.5 Å². The third-order valence-corrected chi connectivity index (χ3v) is 3.94. The lowest BCUT2D eigenvalue weighted by molar-refractivity contribution is 0.294. The van der Waals surface area contributed by atoms with E-state index in [1.165, 1.54) is 0 Å². The fourth-order valence-electron chi connectivity index (χ4n) is 2.28. The maximum atomic E-state index is 13.5. The molecule has 5 heteroatoms. The Kier molecular flexibility index (Phi) is 5.16. The minimum Gasteiger partial charge on any atom is -0.485 e. The Morgan fingerprint density at radius 1 is 1.08 bits per heavy atom. The lowest BCUT2D eigenvalue weighted by Gasteiger charge is -2.19. The van der Waals surface area contributed by atoms with Crippen LogP contribution in [0.25, 0.3) is 0 Å². The van der Waals surface area contributed by atoms with Crippen LogP contribution >= 0.6 is 11.6 Å². The SMILES string of the molecule is CC1=C(F)CC(Cl)C(Oc2ccccc2OCc2ccccc2)=N1. The number of rotatable bonds is 4. The standard InChI is InChI=1S/C19H17ClFNO2/c1-13-16(21)11-15(20)19(22-13)24-18-10-6-5-9-17(18)23-12-14-7-3-2-4-8-14/h2-10,15H,11-12H2,1H3. The number of benzene rings is 2. The van der Waals surface area contributed by atoms with Crippen LogP contribution in [0.4, 0.5) is 4.39 Å². The fraction of sp³-hybridized carbons (Fsp3) is 0.211. The third kappa shape index (κ3) is 3.95. The molecule has 1 heterocycles. The van der Waals surface area contributed by atoms with Crippen LogP contribution in [-0.2, 0) is 6.61 Å². The van der Waals surface area contributed by atoms with E-state index in [-0.39, 0.29) is 18.1 Å². The van der Waals surface area contributed by atoms with Gasteiger partial charge in [0.25, 0.3) is 0 Å². The van der Waals surface area contributed by atoms with Crippen LogP contribution in [0, 0.1) is 0 Å². The number of alkyl halides is 1. The van der Waals surface area contributed by atoms with Gasteiger partial charge in [-0.1, -0.05) is 42.5 Å². The minimum atomic E-state index is -0.629. The van der Waals surface area contributed by atoms with E-state index in [0.717, 1.165) is 5.56 Å². The summed E-state index contributed by atoms with van der Waals surface area (Å²) in [5, 5.41) is -0.629. The molecule has 1 unspecified atom stereocenters. The highest BCUT2D eigenvalue weighted by Crippen LogP contribution is 2.31. The van der Waals surface area contributed by atoms with Gasteiger partial charge in [-0.2, -0.15) is 0 Å². The quantitative estimate of drug-likeness (QED) is 0.708. The molecule has 0 bridgehead atoms. The maximum Gasteiger partial charge on any atom is 0.213 e. The first-order valence-corrected chi connectivity index (χ1v) is 8.08. The molecular formula is C19H17ClFNO2. The van der Waals surface area contributed by atoms with Crippen molar-refractivity contribution in [3.8, 4) is 11.5 Å². The Bertz CT molecular complexity index is 774. The predicted molar refractivity (Wildman–Crippen MR) is 93.3 cm³/mol. The molecule has 24 heavy (non-hydrogen) atoms. The molecule has 2 aromatic rings. The summed E-state index contributed by atoms with van der Waals surface area (Å²) in [7, 11) is 0. The maximum absolute atomic E-state index is 13.5. The fourth-order valence-corrected chi connectivity index (χ4v) is 2.51. The van der Waals surface area contributed by atoms with Crippen molar-refractivity contribution in [1.29, 1.82) is 0 Å². The summed E-state index contributed by atoms with van der Waals surface area (Å²) in [6.45, 7) is 2.02. The highest BCUT2D eigenvalue weighted by atomic mass is 35.5. The number of allylic oxidation sites excluding steroid dienone is 2. The van der Waals surface area contributed by atoms with Gasteiger partial charge in [-0.3, -0.25) is 0 Å². The molecule has 0 saturated heterocycles. The van der Waals surface area contributed by atoms with Crippen LogP contribution in [-0.4, -0.2) is 11.3 Å². The second kappa shape index (κ2) is 7.49. The molecule has 3 nitrogen and oxygen atoms in total. The Hall–Kier alpha value is -2.33. The summed E-state index contributed by atoms with van der Waals surface area (Å²) in [6.07, 6.45) is 0.0826. The summed E-state index contributed by atoms with van der Waals surface area (Å²) in [5.74, 6) is 1.07. The van der Waals surface area contributed by atoms with E-state index in [1.54, 1.807) is 13.0 Å². The third-order valence-electron chi connectivity index (χ3n) is 3.60. The van der Waals surface area contributed by atoms with E-state index in [2.05, 4.69) is 4.99 Å². The summed E-state index contributed by atoms with van der Waals surface area (Å²) in [6, 6.07) is 17.1. The first-order valence-electron chi connectivity index (χ1n) is 7.65. The Morgan fingerprint density at radius 2 is 1.75 bits per heavy atom. The minimum absolute atomic E-state index is 0.0826. The molecule has 0 spiro atoms. The molecule has 0 saturated carbocycles. The molecule has 0 aliphatic carbocycles. The van der Waals surface area contributed by atoms with Gasteiger partial charge >= 0.3 is 0 Å². The van der Waals surface area contributed by atoms with Crippen LogP contribution in [0.2, 0.25) is 0 Å². The van der Waals surface area contributed by atoms with Gasteiger partial charge in [-0.15, -0.1) is 11.6 Å². The van der Waals surface area contributed by atoms with E-state index in [1.807, 2.05) is 48.5 Å². The Balaban J connectivity index is 1.76. The van der Waals surface area contributed by atoms with Gasteiger partial charge in [0.2, 0.25) is 5.90 Å². The number of hydrogen-bond acceptors (Lipinski definition) is 3. The van der Waals surface area contributed by atoms with Crippen molar-refractivity contribution < 1.29 is 13.9 Å². The van der Waals surface area contributed by atoms with Gasteiger partial charge in [0.1, 0.15) is 17.8 Å². The normalized spacial score (nSPS) is 17.5. The van der Waals surface area contributed by atoms with Crippen LogP contribution in [0.3, 0.4) is 0 Å². The number of nitrogens with zero attached hydrogens (tertiary/aromatic N) is 1. The monoisotopic (exact) mass is 345 g/mol. The van der Waals surface area contributed by atoms with Crippen LogP contribution in [0.5, 0.6) is 11.5 Å². The van der Waals surface area contributed by atoms with Gasteiger partial charge in [0, 0.05) is 6.42 Å². The van der Waals surface area contributed by atoms with Gasteiger partial charge in [0.05, 0.1) is 5.70 Å². The molecular weight excluding hydrogens is 329 g/mol. The Morgan fingerprint density at radius 3 is 2.50 bits per heavy atom. The first kappa shape index (κ1) is 16.5. The molecule has 0 N–H and O–H groups in total. The smallest absolute Gasteiger partial charge is 0.213 e. The molecule has 0 amide bonds. The number of para-hydroxylation sites is 2.